The van der Waals surface area contributed by atoms with Crippen molar-refractivity contribution in [2.45, 2.75) is 12.5 Å². The van der Waals surface area contributed by atoms with E-state index < -0.39 is 9.84 Å². The maximum Gasteiger partial charge on any atom is 0.323 e. The Morgan fingerprint density at radius 1 is 1.04 bits per heavy atom. The number of sulfone groups is 1. The molecule has 126 valence electrons. The van der Waals surface area contributed by atoms with Crippen LogP contribution in [0.4, 0.5) is 22.0 Å². The third kappa shape index (κ3) is 4.45. The minimum atomic E-state index is -2.92. The third-order valence-corrected chi connectivity index (χ3v) is 5.41. The summed E-state index contributed by atoms with van der Waals surface area (Å²) >= 11 is 0. The Balaban J connectivity index is 1.54. The Bertz CT molecular complexity index is 807. The monoisotopic (exact) mass is 346 g/mol. The van der Waals surface area contributed by atoms with Gasteiger partial charge in [0.25, 0.3) is 0 Å². The van der Waals surface area contributed by atoms with Gasteiger partial charge in [-0.3, -0.25) is 0 Å². The van der Waals surface area contributed by atoms with Crippen molar-refractivity contribution in [2.24, 2.45) is 0 Å². The van der Waals surface area contributed by atoms with Crippen molar-refractivity contribution >= 4 is 33.1 Å². The third-order valence-electron chi connectivity index (χ3n) is 3.64. The number of pyridine rings is 1. The Morgan fingerprint density at radius 3 is 2.42 bits per heavy atom. The molecule has 7 nitrogen and oxygen atoms in total. The zero-order valence-corrected chi connectivity index (χ0v) is 13.7. The van der Waals surface area contributed by atoms with Crippen LogP contribution in [0.2, 0.25) is 0 Å². The van der Waals surface area contributed by atoms with E-state index in [0.717, 1.165) is 0 Å². The Hall–Kier alpha value is -2.61. The van der Waals surface area contributed by atoms with Gasteiger partial charge in [-0.05, 0) is 30.7 Å². The van der Waals surface area contributed by atoms with Crippen LogP contribution in [0.25, 0.3) is 0 Å². The Morgan fingerprint density at radius 2 is 1.79 bits per heavy atom. The van der Waals surface area contributed by atoms with Crippen molar-refractivity contribution in [1.82, 2.24) is 4.98 Å². The highest BCUT2D eigenvalue weighted by Crippen LogP contribution is 2.17. The van der Waals surface area contributed by atoms with Gasteiger partial charge in [0.05, 0.1) is 23.4 Å². The lowest BCUT2D eigenvalue weighted by Gasteiger charge is -2.12. The van der Waals surface area contributed by atoms with Crippen LogP contribution >= 0.6 is 0 Å². The summed E-state index contributed by atoms with van der Waals surface area (Å²) in [5.74, 6) is 0.934. The topological polar surface area (TPSA) is 100 Å². The summed E-state index contributed by atoms with van der Waals surface area (Å²) in [6, 6.07) is 12.1. The fourth-order valence-corrected chi connectivity index (χ4v) is 4.16. The molecule has 8 heteroatoms. The minimum absolute atomic E-state index is 0.109. The highest BCUT2D eigenvalue weighted by molar-refractivity contribution is 7.91. The fraction of sp³-hybridized carbons (Fsp3) is 0.250. The number of carbonyl (C=O) groups excluding carboxylic acids is 1. The number of para-hydroxylation sites is 1. The van der Waals surface area contributed by atoms with Gasteiger partial charge in [0.15, 0.2) is 9.84 Å². The van der Waals surface area contributed by atoms with Gasteiger partial charge in [-0.1, -0.05) is 18.2 Å². The summed E-state index contributed by atoms with van der Waals surface area (Å²) in [5, 5.41) is 8.50. The highest BCUT2D eigenvalue weighted by Gasteiger charge is 2.27. The number of urea groups is 1. The summed E-state index contributed by atoms with van der Waals surface area (Å²) in [7, 11) is -2.92. The number of nitrogens with one attached hydrogen (secondary N) is 3. The van der Waals surface area contributed by atoms with E-state index in [0.29, 0.717) is 23.6 Å². The molecule has 1 aliphatic heterocycles. The van der Waals surface area contributed by atoms with Gasteiger partial charge in [0.1, 0.15) is 5.82 Å². The van der Waals surface area contributed by atoms with Gasteiger partial charge >= 0.3 is 6.03 Å². The van der Waals surface area contributed by atoms with Crippen LogP contribution < -0.4 is 16.0 Å². The lowest BCUT2D eigenvalue weighted by Crippen LogP contribution is -2.21. The van der Waals surface area contributed by atoms with Crippen molar-refractivity contribution in [2.75, 3.05) is 27.5 Å². The normalized spacial score (nSPS) is 18.8. The molecule has 1 aliphatic rings. The first-order chi connectivity index (χ1) is 11.5. The van der Waals surface area contributed by atoms with Crippen LogP contribution in [-0.4, -0.2) is 37.0 Å². The summed E-state index contributed by atoms with van der Waals surface area (Å²) in [6.07, 6.45) is 2.11. The predicted molar refractivity (Wildman–Crippen MR) is 94.0 cm³/mol. The average molecular weight is 346 g/mol. The molecule has 3 rings (SSSR count). The van der Waals surface area contributed by atoms with E-state index in [-0.39, 0.29) is 23.6 Å². The molecule has 1 fully saturated rings. The van der Waals surface area contributed by atoms with Crippen LogP contribution in [0.5, 0.6) is 0 Å². The lowest BCUT2D eigenvalue weighted by atomic mass is 10.2. The van der Waals surface area contributed by atoms with Crippen LogP contribution in [0.1, 0.15) is 6.42 Å². The molecule has 1 atom stereocenters. The predicted octanol–water partition coefficient (Wildman–Crippen LogP) is 2.32. The largest absolute Gasteiger partial charge is 0.366 e. The SMILES string of the molecule is O=C(Nc1ccccc1)Nc1ccc(NC2CCS(=O)(=O)C2)nc1. The quantitative estimate of drug-likeness (QED) is 0.789. The molecule has 1 saturated heterocycles. The maximum atomic E-state index is 11.9. The van der Waals surface area contributed by atoms with Gasteiger partial charge in [-0.2, -0.15) is 0 Å². The summed E-state index contributed by atoms with van der Waals surface area (Å²) in [6.45, 7) is 0. The van der Waals surface area contributed by atoms with E-state index in [1.54, 1.807) is 24.3 Å². The second-order valence-corrected chi connectivity index (χ2v) is 7.85. The zero-order chi connectivity index (χ0) is 17.0. The number of aromatic nitrogens is 1. The number of carbonyl (C=O) groups is 1. The molecule has 24 heavy (non-hydrogen) atoms. The molecular weight excluding hydrogens is 328 g/mol. The van der Waals surface area contributed by atoms with Gasteiger partial charge in [-0.25, -0.2) is 18.2 Å². The van der Waals surface area contributed by atoms with Crippen molar-refractivity contribution in [3.05, 3.63) is 48.7 Å². The molecule has 0 radical (unpaired) electrons. The standard InChI is InChI=1S/C16H18N4O3S/c21-16(19-12-4-2-1-3-5-12)20-13-6-7-15(17-10-13)18-14-8-9-24(22,23)11-14/h1-7,10,14H,8-9,11H2,(H,17,18)(H2,19,20,21). The highest BCUT2D eigenvalue weighted by atomic mass is 32.2. The molecule has 0 bridgehead atoms. The van der Waals surface area contributed by atoms with Crippen LogP contribution in [0, 0.1) is 0 Å². The first-order valence-electron chi connectivity index (χ1n) is 7.56. The van der Waals surface area contributed by atoms with Crippen molar-refractivity contribution in [1.29, 1.82) is 0 Å². The molecule has 1 aromatic carbocycles. The van der Waals surface area contributed by atoms with E-state index in [4.69, 9.17) is 0 Å². The number of rotatable bonds is 4. The average Bonchev–Trinajstić information content (AvgIpc) is 2.89. The number of hydrogen-bond acceptors (Lipinski definition) is 5. The van der Waals surface area contributed by atoms with E-state index in [1.807, 2.05) is 18.2 Å². The minimum Gasteiger partial charge on any atom is -0.366 e. The molecule has 0 saturated carbocycles. The van der Waals surface area contributed by atoms with Crippen LogP contribution in [0.15, 0.2) is 48.7 Å². The van der Waals surface area contributed by atoms with E-state index >= 15 is 0 Å². The smallest absolute Gasteiger partial charge is 0.323 e. The lowest BCUT2D eigenvalue weighted by molar-refractivity contribution is 0.262. The number of benzene rings is 1. The molecule has 0 aliphatic carbocycles. The molecule has 2 heterocycles. The molecule has 3 N–H and O–H groups in total. The van der Waals surface area contributed by atoms with Gasteiger partial charge < -0.3 is 16.0 Å². The molecule has 2 amide bonds. The fourth-order valence-electron chi connectivity index (χ4n) is 2.49. The zero-order valence-electron chi connectivity index (χ0n) is 12.9. The van der Waals surface area contributed by atoms with E-state index in [9.17, 15) is 13.2 Å². The van der Waals surface area contributed by atoms with E-state index in [1.165, 1.54) is 6.20 Å². The van der Waals surface area contributed by atoms with Crippen molar-refractivity contribution in [3.8, 4) is 0 Å². The molecule has 1 aromatic heterocycles. The van der Waals surface area contributed by atoms with E-state index in [2.05, 4.69) is 20.9 Å². The van der Waals surface area contributed by atoms with Gasteiger partial charge in [0.2, 0.25) is 0 Å². The molecule has 1 unspecified atom stereocenters. The molecule has 0 spiro atoms. The van der Waals surface area contributed by atoms with Crippen LogP contribution in [-0.2, 0) is 9.84 Å². The van der Waals surface area contributed by atoms with Crippen molar-refractivity contribution < 1.29 is 13.2 Å². The summed E-state index contributed by atoms with van der Waals surface area (Å²) in [5.41, 5.74) is 1.25. The van der Waals surface area contributed by atoms with Crippen LogP contribution in [0.3, 0.4) is 0 Å². The molecular formula is C16H18N4O3S. The first-order valence-corrected chi connectivity index (χ1v) is 9.38. The first kappa shape index (κ1) is 16.3. The molecule has 2 aromatic rings. The van der Waals surface area contributed by atoms with Gasteiger partial charge in [-0.15, -0.1) is 0 Å². The Labute approximate surface area is 140 Å². The second-order valence-electron chi connectivity index (χ2n) is 5.62. The number of anilines is 3. The second kappa shape index (κ2) is 6.88. The maximum absolute atomic E-state index is 11.9. The summed E-state index contributed by atoms with van der Waals surface area (Å²) in [4.78, 5) is 16.1. The number of hydrogen-bond donors (Lipinski definition) is 3. The number of amides is 2. The summed E-state index contributed by atoms with van der Waals surface area (Å²) < 4.78 is 22.9. The van der Waals surface area contributed by atoms with Crippen molar-refractivity contribution in [3.63, 3.8) is 0 Å². The number of nitrogens with zero attached hydrogens (tertiary/aromatic N) is 1. The van der Waals surface area contributed by atoms with Gasteiger partial charge in [0, 0.05) is 11.7 Å². The Kier molecular flexibility index (Phi) is 4.66.